The fourth-order valence-corrected chi connectivity index (χ4v) is 2.16. The molecule has 0 rings (SSSR count). The van der Waals surface area contributed by atoms with E-state index in [0.717, 1.165) is 39.0 Å². The van der Waals surface area contributed by atoms with Gasteiger partial charge in [-0.1, -0.05) is 32.9 Å². The molecule has 0 saturated carbocycles. The minimum absolute atomic E-state index is 0.236. The van der Waals surface area contributed by atoms with Crippen LogP contribution in [0.1, 0.15) is 40.5 Å². The largest absolute Gasteiger partial charge is 0.409 e. The molecular formula is C15H34N4O. The van der Waals surface area contributed by atoms with Crippen LogP contribution in [0, 0.1) is 11.3 Å². The molecule has 0 fully saturated rings. The summed E-state index contributed by atoms with van der Waals surface area (Å²) in [5, 5.41) is 11.9. The Morgan fingerprint density at radius 3 is 2.25 bits per heavy atom. The number of likely N-dealkylation sites (N-methyl/N-ethyl adjacent to an activating group) is 1. The summed E-state index contributed by atoms with van der Waals surface area (Å²) in [5.41, 5.74) is 5.49. The second kappa shape index (κ2) is 9.19. The van der Waals surface area contributed by atoms with Gasteiger partial charge in [0.25, 0.3) is 0 Å². The Hall–Kier alpha value is -0.810. The first kappa shape index (κ1) is 19.2. The number of nitrogens with zero attached hydrogens (tertiary/aromatic N) is 3. The maximum atomic E-state index is 8.79. The fourth-order valence-electron chi connectivity index (χ4n) is 2.16. The molecule has 0 bridgehead atoms. The molecule has 5 nitrogen and oxygen atoms in total. The zero-order valence-electron chi connectivity index (χ0n) is 14.2. The van der Waals surface area contributed by atoms with Crippen molar-refractivity contribution in [3.05, 3.63) is 0 Å². The molecule has 0 amide bonds. The van der Waals surface area contributed by atoms with Crippen LogP contribution in [0.3, 0.4) is 0 Å². The summed E-state index contributed by atoms with van der Waals surface area (Å²) in [6.45, 7) is 12.9. The Morgan fingerprint density at radius 2 is 1.80 bits per heavy atom. The number of hydrogen-bond acceptors (Lipinski definition) is 4. The molecule has 120 valence electrons. The lowest BCUT2D eigenvalue weighted by atomic mass is 9.86. The Balaban J connectivity index is 4.25. The Morgan fingerprint density at radius 1 is 1.20 bits per heavy atom. The maximum absolute atomic E-state index is 8.79. The topological polar surface area (TPSA) is 65.1 Å². The van der Waals surface area contributed by atoms with E-state index in [1.807, 2.05) is 13.8 Å². The van der Waals surface area contributed by atoms with Crippen LogP contribution < -0.4 is 5.73 Å². The van der Waals surface area contributed by atoms with Crippen molar-refractivity contribution in [3.8, 4) is 0 Å². The molecule has 0 aromatic carbocycles. The summed E-state index contributed by atoms with van der Waals surface area (Å²) >= 11 is 0. The molecule has 0 heterocycles. The molecule has 0 radical (unpaired) electrons. The number of oxime groups is 1. The molecule has 0 unspecified atom stereocenters. The average molecular weight is 286 g/mol. The Bertz CT molecular complexity index is 288. The lowest BCUT2D eigenvalue weighted by Gasteiger charge is -2.28. The van der Waals surface area contributed by atoms with Gasteiger partial charge in [-0.15, -0.1) is 0 Å². The van der Waals surface area contributed by atoms with Crippen molar-refractivity contribution in [2.45, 2.75) is 40.5 Å². The van der Waals surface area contributed by atoms with E-state index in [9.17, 15) is 0 Å². The molecule has 0 atom stereocenters. The predicted molar refractivity (Wildman–Crippen MR) is 86.3 cm³/mol. The smallest absolute Gasteiger partial charge is 0.144 e. The molecule has 0 aromatic rings. The number of amidine groups is 1. The maximum Gasteiger partial charge on any atom is 0.144 e. The summed E-state index contributed by atoms with van der Waals surface area (Å²) in [6, 6.07) is 0. The normalized spacial score (nSPS) is 13.8. The van der Waals surface area contributed by atoms with E-state index < -0.39 is 0 Å². The minimum atomic E-state index is -0.236. The van der Waals surface area contributed by atoms with Crippen molar-refractivity contribution >= 4 is 5.84 Å². The van der Waals surface area contributed by atoms with Crippen LogP contribution >= 0.6 is 0 Å². The van der Waals surface area contributed by atoms with Gasteiger partial charge < -0.3 is 20.7 Å². The van der Waals surface area contributed by atoms with Crippen LogP contribution in [-0.4, -0.2) is 61.1 Å². The van der Waals surface area contributed by atoms with Crippen molar-refractivity contribution in [1.29, 1.82) is 0 Å². The van der Waals surface area contributed by atoms with E-state index in [-0.39, 0.29) is 5.41 Å². The second-order valence-corrected chi connectivity index (χ2v) is 6.97. The highest BCUT2D eigenvalue weighted by Gasteiger charge is 2.23. The molecule has 0 aliphatic rings. The molecular weight excluding hydrogens is 252 g/mol. The van der Waals surface area contributed by atoms with Gasteiger partial charge in [-0.25, -0.2) is 0 Å². The van der Waals surface area contributed by atoms with Gasteiger partial charge in [0.15, 0.2) is 0 Å². The van der Waals surface area contributed by atoms with Crippen molar-refractivity contribution < 1.29 is 5.21 Å². The zero-order chi connectivity index (χ0) is 15.8. The van der Waals surface area contributed by atoms with Gasteiger partial charge in [0.2, 0.25) is 0 Å². The van der Waals surface area contributed by atoms with E-state index in [2.05, 4.69) is 42.9 Å². The second-order valence-electron chi connectivity index (χ2n) is 6.97. The summed E-state index contributed by atoms with van der Waals surface area (Å²) in [7, 11) is 4.21. The highest BCUT2D eigenvalue weighted by atomic mass is 16.4. The molecule has 0 aliphatic carbocycles. The van der Waals surface area contributed by atoms with Crippen LogP contribution in [0.2, 0.25) is 0 Å². The molecule has 0 aromatic heterocycles. The molecule has 0 aliphatic heterocycles. The standard InChI is InChI=1S/C15H34N4O/c1-13(2)12-19(11-10-18(5)6)9-7-8-15(3,4)14(16)17-20/h13,20H,7-12H2,1-6H3,(H2,16,17). The van der Waals surface area contributed by atoms with Crippen LogP contribution in [0.15, 0.2) is 5.16 Å². The van der Waals surface area contributed by atoms with Crippen LogP contribution in [0.4, 0.5) is 0 Å². The lowest BCUT2D eigenvalue weighted by Crippen LogP contribution is -2.37. The number of nitrogens with two attached hydrogens (primary N) is 1. The molecule has 3 N–H and O–H groups in total. The summed E-state index contributed by atoms with van der Waals surface area (Å²) in [5.74, 6) is 0.996. The monoisotopic (exact) mass is 286 g/mol. The summed E-state index contributed by atoms with van der Waals surface area (Å²) < 4.78 is 0. The Kier molecular flexibility index (Phi) is 8.81. The lowest BCUT2D eigenvalue weighted by molar-refractivity contribution is 0.209. The van der Waals surface area contributed by atoms with Crippen LogP contribution in [-0.2, 0) is 0 Å². The van der Waals surface area contributed by atoms with Gasteiger partial charge in [-0.3, -0.25) is 0 Å². The predicted octanol–water partition coefficient (Wildman–Crippen LogP) is 2.06. The fraction of sp³-hybridized carbons (Fsp3) is 0.933. The van der Waals surface area contributed by atoms with Gasteiger partial charge in [-0.2, -0.15) is 0 Å². The number of hydrogen-bond donors (Lipinski definition) is 2. The highest BCUT2D eigenvalue weighted by molar-refractivity contribution is 5.85. The van der Waals surface area contributed by atoms with Gasteiger partial charge in [0, 0.05) is 25.0 Å². The van der Waals surface area contributed by atoms with Crippen LogP contribution in [0.5, 0.6) is 0 Å². The van der Waals surface area contributed by atoms with Crippen molar-refractivity contribution in [1.82, 2.24) is 9.80 Å². The van der Waals surface area contributed by atoms with Crippen molar-refractivity contribution in [3.63, 3.8) is 0 Å². The van der Waals surface area contributed by atoms with Gasteiger partial charge in [0.05, 0.1) is 0 Å². The molecule has 5 heteroatoms. The van der Waals surface area contributed by atoms with Crippen molar-refractivity contribution in [2.24, 2.45) is 22.2 Å². The SMILES string of the molecule is CC(C)CN(CCCC(C)(C)C(N)=NO)CCN(C)C. The molecule has 20 heavy (non-hydrogen) atoms. The van der Waals surface area contributed by atoms with Gasteiger partial charge >= 0.3 is 0 Å². The molecule has 0 saturated heterocycles. The highest BCUT2D eigenvalue weighted by Crippen LogP contribution is 2.22. The minimum Gasteiger partial charge on any atom is -0.409 e. The first-order chi connectivity index (χ1) is 9.19. The van der Waals surface area contributed by atoms with Gasteiger partial charge in [-0.05, 0) is 39.4 Å². The van der Waals surface area contributed by atoms with Crippen LogP contribution in [0.25, 0.3) is 0 Å². The van der Waals surface area contributed by atoms with E-state index in [4.69, 9.17) is 10.9 Å². The van der Waals surface area contributed by atoms with E-state index in [1.54, 1.807) is 0 Å². The first-order valence-electron chi connectivity index (χ1n) is 7.54. The third-order valence-electron chi connectivity index (χ3n) is 3.56. The third kappa shape index (κ3) is 8.38. The van der Waals surface area contributed by atoms with E-state index >= 15 is 0 Å². The first-order valence-corrected chi connectivity index (χ1v) is 7.54. The Labute approximate surface area is 124 Å². The summed E-state index contributed by atoms with van der Waals surface area (Å²) in [6.07, 6.45) is 1.99. The third-order valence-corrected chi connectivity index (χ3v) is 3.56. The van der Waals surface area contributed by atoms with Crippen molar-refractivity contribution in [2.75, 3.05) is 40.3 Å². The zero-order valence-corrected chi connectivity index (χ0v) is 14.2. The summed E-state index contributed by atoms with van der Waals surface area (Å²) in [4.78, 5) is 4.72. The van der Waals surface area contributed by atoms with E-state index in [1.165, 1.54) is 0 Å². The number of rotatable bonds is 10. The quantitative estimate of drug-likeness (QED) is 0.279. The van der Waals surface area contributed by atoms with Gasteiger partial charge in [0.1, 0.15) is 5.84 Å². The average Bonchev–Trinajstić information content (AvgIpc) is 2.33. The van der Waals surface area contributed by atoms with E-state index in [0.29, 0.717) is 11.8 Å². The molecule has 0 spiro atoms.